The summed E-state index contributed by atoms with van der Waals surface area (Å²) < 4.78 is 7.24. The molecule has 1 heterocycles. The largest absolute Gasteiger partial charge is 0.487 e. The first-order valence-corrected chi connectivity index (χ1v) is 10.2. The third-order valence-corrected chi connectivity index (χ3v) is 5.84. The Morgan fingerprint density at radius 3 is 2.41 bits per heavy atom. The Hall–Kier alpha value is -2.87. The Labute approximate surface area is 186 Å². The molecule has 29 heavy (non-hydrogen) atoms. The molecule has 0 fully saturated rings. The fraction of sp³-hybridized carbons (Fsp3) is 0.136. The number of hydrogen-bond acceptors (Lipinski definition) is 5. The van der Waals surface area contributed by atoms with Crippen molar-refractivity contribution in [1.82, 2.24) is 4.98 Å². The highest BCUT2D eigenvalue weighted by molar-refractivity contribution is 9.11. The van der Waals surface area contributed by atoms with Gasteiger partial charge in [0.05, 0.1) is 25.8 Å². The number of fused-ring (bicyclic) bond motifs is 1. The van der Waals surface area contributed by atoms with E-state index >= 15 is 0 Å². The lowest BCUT2D eigenvalue weighted by Crippen LogP contribution is -2.03. The molecule has 1 aliphatic rings. The number of halogens is 2. The lowest BCUT2D eigenvalue weighted by molar-refractivity contribution is 0.358. The summed E-state index contributed by atoms with van der Waals surface area (Å²) in [5.74, 6) is 0.820. The van der Waals surface area contributed by atoms with Gasteiger partial charge in [0, 0.05) is 5.56 Å². The van der Waals surface area contributed by atoms with Crippen molar-refractivity contribution in [2.24, 2.45) is 0 Å². The lowest BCUT2D eigenvalue weighted by atomic mass is 9.95. The molecule has 0 aliphatic heterocycles. The van der Waals surface area contributed by atoms with Gasteiger partial charge in [-0.2, -0.15) is 10.5 Å². The predicted octanol–water partition coefficient (Wildman–Crippen LogP) is 5.78. The molecule has 7 heteroatoms. The summed E-state index contributed by atoms with van der Waals surface area (Å²) in [6.45, 7) is 7.75. The van der Waals surface area contributed by atoms with Crippen LogP contribution in [-0.2, 0) is 0 Å². The number of rotatable bonds is 4. The molecule has 144 valence electrons. The van der Waals surface area contributed by atoms with Gasteiger partial charge in [-0.05, 0) is 86.2 Å². The second kappa shape index (κ2) is 8.24. The number of allylic oxidation sites excluding steroid dienone is 3. The molecule has 0 saturated heterocycles. The zero-order valence-electron chi connectivity index (χ0n) is 15.8. The van der Waals surface area contributed by atoms with Gasteiger partial charge in [0.15, 0.2) is 0 Å². The van der Waals surface area contributed by atoms with Gasteiger partial charge in [0.2, 0.25) is 0 Å². The number of hydrogen-bond donors (Lipinski definition) is 1. The van der Waals surface area contributed by atoms with Crippen LogP contribution in [0.25, 0.3) is 17.2 Å². The van der Waals surface area contributed by atoms with E-state index in [1.165, 1.54) is 0 Å². The maximum atomic E-state index is 9.66. The SMILES string of the molecule is C=CCOc1c(Br)cc(/C=C2\C(C)=C(C#N)c3nc(N)c(C#N)c(C)c32)cc1Br. The molecule has 0 saturated carbocycles. The van der Waals surface area contributed by atoms with Crippen LogP contribution >= 0.6 is 31.9 Å². The molecule has 2 N–H and O–H groups in total. The Kier molecular flexibility index (Phi) is 5.93. The monoisotopic (exact) mass is 510 g/mol. The summed E-state index contributed by atoms with van der Waals surface area (Å²) in [4.78, 5) is 4.35. The highest BCUT2D eigenvalue weighted by atomic mass is 79.9. The van der Waals surface area contributed by atoms with Crippen molar-refractivity contribution < 1.29 is 4.74 Å². The van der Waals surface area contributed by atoms with Crippen LogP contribution in [0.1, 0.15) is 34.9 Å². The number of pyridine rings is 1. The van der Waals surface area contributed by atoms with Gasteiger partial charge in [0.1, 0.15) is 30.3 Å². The van der Waals surface area contributed by atoms with E-state index in [2.05, 4.69) is 55.6 Å². The minimum absolute atomic E-state index is 0.139. The highest BCUT2D eigenvalue weighted by Gasteiger charge is 2.29. The van der Waals surface area contributed by atoms with Crippen molar-refractivity contribution in [3.63, 3.8) is 0 Å². The molecule has 0 atom stereocenters. The Bertz CT molecular complexity index is 1170. The van der Waals surface area contributed by atoms with E-state index in [0.717, 1.165) is 36.8 Å². The van der Waals surface area contributed by atoms with Crippen LogP contribution in [0.2, 0.25) is 0 Å². The fourth-order valence-electron chi connectivity index (χ4n) is 3.31. The van der Waals surface area contributed by atoms with Crippen LogP contribution in [-0.4, -0.2) is 11.6 Å². The normalized spacial score (nSPS) is 13.8. The van der Waals surface area contributed by atoms with E-state index in [4.69, 9.17) is 10.5 Å². The number of ether oxygens (including phenoxy) is 1. The van der Waals surface area contributed by atoms with E-state index in [0.29, 0.717) is 29.2 Å². The molecular formula is C22H16Br2N4O. The molecule has 3 rings (SSSR count). The van der Waals surface area contributed by atoms with Gasteiger partial charge in [-0.1, -0.05) is 12.7 Å². The molecule has 1 aromatic heterocycles. The number of nitriles is 2. The average molecular weight is 512 g/mol. The Morgan fingerprint density at radius 1 is 1.21 bits per heavy atom. The van der Waals surface area contributed by atoms with Gasteiger partial charge >= 0.3 is 0 Å². The van der Waals surface area contributed by atoms with E-state index in [1.54, 1.807) is 6.08 Å². The van der Waals surface area contributed by atoms with Gasteiger partial charge in [-0.25, -0.2) is 4.98 Å². The summed E-state index contributed by atoms with van der Waals surface area (Å²) in [7, 11) is 0. The van der Waals surface area contributed by atoms with Crippen LogP contribution in [0.5, 0.6) is 5.75 Å². The highest BCUT2D eigenvalue weighted by Crippen LogP contribution is 2.45. The summed E-state index contributed by atoms with van der Waals surface area (Å²) in [5, 5.41) is 19.1. The van der Waals surface area contributed by atoms with Gasteiger partial charge in [-0.15, -0.1) is 0 Å². The average Bonchev–Trinajstić information content (AvgIpc) is 2.92. The molecule has 1 aliphatic carbocycles. The fourth-order valence-corrected chi connectivity index (χ4v) is 4.76. The summed E-state index contributed by atoms with van der Waals surface area (Å²) in [5.41, 5.74) is 11.3. The zero-order chi connectivity index (χ0) is 21.3. The van der Waals surface area contributed by atoms with Crippen LogP contribution in [0.4, 0.5) is 5.82 Å². The first-order chi connectivity index (χ1) is 13.8. The van der Waals surface area contributed by atoms with E-state index in [1.807, 2.05) is 32.1 Å². The van der Waals surface area contributed by atoms with Gasteiger partial charge in [0.25, 0.3) is 0 Å². The zero-order valence-corrected chi connectivity index (χ0v) is 19.0. The molecular weight excluding hydrogens is 496 g/mol. The van der Waals surface area contributed by atoms with Gasteiger partial charge < -0.3 is 10.5 Å². The van der Waals surface area contributed by atoms with E-state index < -0.39 is 0 Å². The summed E-state index contributed by atoms with van der Waals surface area (Å²) in [6, 6.07) is 8.20. The second-order valence-electron chi connectivity index (χ2n) is 6.42. The number of anilines is 1. The minimum Gasteiger partial charge on any atom is -0.487 e. The summed E-state index contributed by atoms with van der Waals surface area (Å²) >= 11 is 7.08. The standard InChI is InChI=1S/C22H16Br2N4O/c1-4-5-29-21-17(23)7-13(8-18(21)24)6-14-11(2)15(9-25)20-19(14)12(3)16(10-26)22(27)28-20/h4,6-8H,1,5H2,2-3H3,(H2,27,28)/b14-6+. The van der Waals surface area contributed by atoms with Gasteiger partial charge in [-0.3, -0.25) is 0 Å². The molecule has 2 aromatic rings. The first kappa shape index (κ1) is 20.9. The topological polar surface area (TPSA) is 95.7 Å². The molecule has 0 radical (unpaired) electrons. The lowest BCUT2D eigenvalue weighted by Gasteiger charge is -2.12. The minimum atomic E-state index is 0.139. The number of nitrogens with zero attached hydrogens (tertiary/aromatic N) is 3. The molecule has 0 bridgehead atoms. The maximum Gasteiger partial charge on any atom is 0.148 e. The summed E-state index contributed by atoms with van der Waals surface area (Å²) in [6.07, 6.45) is 3.65. The maximum absolute atomic E-state index is 9.66. The number of nitrogen functional groups attached to an aromatic ring is 1. The Balaban J connectivity index is 2.22. The van der Waals surface area contributed by atoms with Crippen LogP contribution in [0, 0.1) is 29.6 Å². The smallest absolute Gasteiger partial charge is 0.148 e. The number of aromatic nitrogens is 1. The van der Waals surface area contributed by atoms with E-state index in [-0.39, 0.29) is 5.82 Å². The van der Waals surface area contributed by atoms with Crippen molar-refractivity contribution in [2.75, 3.05) is 12.3 Å². The first-order valence-electron chi connectivity index (χ1n) is 8.60. The van der Waals surface area contributed by atoms with Crippen molar-refractivity contribution in [2.45, 2.75) is 13.8 Å². The quantitative estimate of drug-likeness (QED) is 0.524. The Morgan fingerprint density at radius 2 is 1.86 bits per heavy atom. The van der Waals surface area contributed by atoms with Crippen LogP contribution < -0.4 is 10.5 Å². The number of nitrogens with two attached hydrogens (primary N) is 1. The third-order valence-electron chi connectivity index (χ3n) is 4.66. The number of benzene rings is 1. The van der Waals surface area contributed by atoms with Crippen LogP contribution in [0.15, 0.2) is 39.3 Å². The molecule has 0 unspecified atom stereocenters. The third kappa shape index (κ3) is 3.60. The molecule has 0 spiro atoms. The molecule has 0 amide bonds. The molecule has 5 nitrogen and oxygen atoms in total. The van der Waals surface area contributed by atoms with E-state index in [9.17, 15) is 10.5 Å². The van der Waals surface area contributed by atoms with Crippen LogP contribution in [0.3, 0.4) is 0 Å². The second-order valence-corrected chi connectivity index (χ2v) is 8.12. The van der Waals surface area contributed by atoms with Crippen molar-refractivity contribution in [1.29, 1.82) is 10.5 Å². The van der Waals surface area contributed by atoms with Crippen molar-refractivity contribution >= 4 is 54.9 Å². The van der Waals surface area contributed by atoms with Crippen molar-refractivity contribution in [3.8, 4) is 17.9 Å². The molecule has 1 aromatic carbocycles. The van der Waals surface area contributed by atoms with Crippen molar-refractivity contribution in [3.05, 3.63) is 67.3 Å². The predicted molar refractivity (Wildman–Crippen MR) is 122 cm³/mol.